The minimum absolute atomic E-state index is 0. The fraction of sp³-hybridized carbons (Fsp3) is 0. The first kappa shape index (κ1) is 521. The maximum Gasteiger partial charge on any atom is 3.00 e. The molecule has 0 heterocycles. The molecule has 0 aromatic rings. The summed E-state index contributed by atoms with van der Waals surface area (Å²) in [7, 11) is 0. The molecule has 0 saturated heterocycles. The summed E-state index contributed by atoms with van der Waals surface area (Å²) in [4.78, 5) is 0. The van der Waals surface area contributed by atoms with Crippen LogP contribution in [0.2, 0.25) is 0 Å². The number of hydrogen-bond acceptors (Lipinski definition) is 0. The molecule has 2 radical (unpaired) electrons. The van der Waals surface area contributed by atoms with Gasteiger partial charge in [0.1, 0.15) is 0 Å². The standard InChI is InChI=1S/2Fe.2H2O.3O/h;;2*1H2;;;/q2*+3;;;3*-2. The van der Waals surface area contributed by atoms with Gasteiger partial charge < -0.3 is 27.4 Å². The molecule has 0 bridgehead atoms. The largest absolute Gasteiger partial charge is 3.00 e. The summed E-state index contributed by atoms with van der Waals surface area (Å²) in [6, 6.07) is 0. The van der Waals surface area contributed by atoms with E-state index in [2.05, 4.69) is 0 Å². The van der Waals surface area contributed by atoms with Gasteiger partial charge in [-0.15, -0.1) is 0 Å². The fourth-order valence-corrected chi connectivity index (χ4v) is 0. The van der Waals surface area contributed by atoms with E-state index in [9.17, 15) is 0 Å². The van der Waals surface area contributed by atoms with Gasteiger partial charge in [-0.05, 0) is 0 Å². The Kier molecular flexibility index (Phi) is 24700. The quantitative estimate of drug-likeness (QED) is 0.393. The van der Waals surface area contributed by atoms with E-state index in [-0.39, 0.29) is 61.5 Å². The van der Waals surface area contributed by atoms with Gasteiger partial charge in [0, 0.05) is 0 Å². The molecule has 0 saturated carbocycles. The predicted octanol–water partition coefficient (Wildman–Crippen LogP) is -2.01. The normalized spacial score (nSPS) is 0. The molecule has 0 aliphatic heterocycles. The van der Waals surface area contributed by atoms with Gasteiger partial charge in [-0.25, -0.2) is 0 Å². The van der Waals surface area contributed by atoms with Crippen molar-refractivity contribution < 1.29 is 61.5 Å². The molecule has 50 valence electrons. The number of hydrogen-bond donors (Lipinski definition) is 0. The minimum atomic E-state index is 0. The second-order valence-electron chi connectivity index (χ2n) is 0. The van der Waals surface area contributed by atoms with E-state index in [1.807, 2.05) is 0 Å². The third kappa shape index (κ3) is 228. The van der Waals surface area contributed by atoms with E-state index < -0.39 is 0 Å². The van der Waals surface area contributed by atoms with Crippen molar-refractivity contribution in [1.29, 1.82) is 0 Å². The third-order valence-electron chi connectivity index (χ3n) is 0. The van der Waals surface area contributed by atoms with Crippen LogP contribution in [-0.4, -0.2) is 11.0 Å². The Balaban J connectivity index is 0. The number of rotatable bonds is 0. The third-order valence-corrected chi connectivity index (χ3v) is 0. The summed E-state index contributed by atoms with van der Waals surface area (Å²) in [6.45, 7) is 0. The van der Waals surface area contributed by atoms with Crippen molar-refractivity contribution in [3.05, 3.63) is 0 Å². The smallest absolute Gasteiger partial charge is 2.00 e. The zero-order chi connectivity index (χ0) is 0. The molecule has 0 aliphatic rings. The Morgan fingerprint density at radius 3 is 0.429 bits per heavy atom. The second-order valence-corrected chi connectivity index (χ2v) is 0. The van der Waals surface area contributed by atoms with E-state index in [4.69, 9.17) is 0 Å². The van der Waals surface area contributed by atoms with Gasteiger partial charge in [-0.1, -0.05) is 0 Å². The van der Waals surface area contributed by atoms with Crippen LogP contribution in [0.3, 0.4) is 0 Å². The summed E-state index contributed by atoms with van der Waals surface area (Å²) >= 11 is 0. The molecule has 7 heavy (non-hydrogen) atoms. The van der Waals surface area contributed by atoms with Gasteiger partial charge in [0.05, 0.1) is 0 Å². The molecule has 0 rings (SSSR count). The molecule has 0 atom stereocenters. The van der Waals surface area contributed by atoms with Crippen molar-refractivity contribution in [1.82, 2.24) is 0 Å². The van der Waals surface area contributed by atoms with Crippen LogP contribution in [0, 0.1) is 0 Å². The van der Waals surface area contributed by atoms with E-state index in [0.717, 1.165) is 0 Å². The van der Waals surface area contributed by atoms with Crippen LogP contribution in [-0.2, 0) is 50.6 Å². The SMILES string of the molecule is O.O.[Fe+3].[Fe+3].[O-2].[O-2].[O-2]. The van der Waals surface area contributed by atoms with Gasteiger partial charge in [-0.2, -0.15) is 0 Å². The van der Waals surface area contributed by atoms with Crippen LogP contribution < -0.4 is 0 Å². The molecule has 0 unspecified atom stereocenters. The summed E-state index contributed by atoms with van der Waals surface area (Å²) in [5.41, 5.74) is 0. The Morgan fingerprint density at radius 2 is 0.429 bits per heavy atom. The van der Waals surface area contributed by atoms with Gasteiger partial charge in [0.15, 0.2) is 0 Å². The molecule has 0 aromatic heterocycles. The van der Waals surface area contributed by atoms with Crippen molar-refractivity contribution in [2.75, 3.05) is 0 Å². The van der Waals surface area contributed by atoms with Crippen LogP contribution in [0.1, 0.15) is 0 Å². The summed E-state index contributed by atoms with van der Waals surface area (Å²) < 4.78 is 0. The maximum atomic E-state index is 0. The Labute approximate surface area is 62.0 Å². The van der Waals surface area contributed by atoms with Gasteiger partial charge in [-0.3, -0.25) is 0 Å². The zero-order valence-corrected chi connectivity index (χ0v) is 5.14. The predicted molar refractivity (Wildman–Crippen MR) is 9.29 cm³/mol. The first-order valence-corrected chi connectivity index (χ1v) is 0. The van der Waals surface area contributed by atoms with Crippen molar-refractivity contribution in [3.8, 4) is 0 Å². The Bertz CT molecular complexity index is 6.04. The van der Waals surface area contributed by atoms with Gasteiger partial charge in [0.2, 0.25) is 0 Å². The van der Waals surface area contributed by atoms with Crippen molar-refractivity contribution in [2.24, 2.45) is 0 Å². The maximum absolute atomic E-state index is 0. The minimum Gasteiger partial charge on any atom is -2.00 e. The molecular formula is H4Fe2O5. The summed E-state index contributed by atoms with van der Waals surface area (Å²) in [5.74, 6) is 0. The average molecular weight is 196 g/mol. The molecule has 0 fully saturated rings. The monoisotopic (exact) mass is 196 g/mol. The Hall–Kier alpha value is 0.839. The topological polar surface area (TPSA) is 148 Å². The van der Waals surface area contributed by atoms with E-state index in [1.54, 1.807) is 0 Å². The molecule has 0 spiro atoms. The summed E-state index contributed by atoms with van der Waals surface area (Å²) in [6.07, 6.45) is 0. The van der Waals surface area contributed by atoms with Crippen LogP contribution in [0.5, 0.6) is 0 Å². The van der Waals surface area contributed by atoms with Crippen LogP contribution >= 0.6 is 0 Å². The molecule has 5 nitrogen and oxygen atoms in total. The van der Waals surface area contributed by atoms with Crippen LogP contribution in [0.25, 0.3) is 0 Å². The molecule has 0 aliphatic carbocycles. The average Bonchev–Trinajstić information content (AvgIpc) is 0. The van der Waals surface area contributed by atoms with Crippen molar-refractivity contribution in [2.45, 2.75) is 0 Å². The van der Waals surface area contributed by atoms with Crippen LogP contribution in [0.4, 0.5) is 0 Å². The van der Waals surface area contributed by atoms with E-state index >= 15 is 0 Å². The summed E-state index contributed by atoms with van der Waals surface area (Å²) in [5, 5.41) is 0. The van der Waals surface area contributed by atoms with Crippen LogP contribution in [0.15, 0.2) is 0 Å². The first-order valence-electron chi connectivity index (χ1n) is 0. The van der Waals surface area contributed by atoms with E-state index in [0.29, 0.717) is 0 Å². The fourth-order valence-electron chi connectivity index (χ4n) is 0. The first-order chi connectivity index (χ1) is 0. The molecule has 0 aromatic carbocycles. The Morgan fingerprint density at radius 1 is 0.429 bits per heavy atom. The second kappa shape index (κ2) is 331. The van der Waals surface area contributed by atoms with Crippen molar-refractivity contribution >= 4 is 0 Å². The van der Waals surface area contributed by atoms with Gasteiger partial charge >= 0.3 is 34.1 Å². The molecular weight excluding hydrogens is 192 g/mol. The van der Waals surface area contributed by atoms with E-state index in [1.165, 1.54) is 0 Å². The van der Waals surface area contributed by atoms with Gasteiger partial charge in [0.25, 0.3) is 0 Å². The molecule has 0 amide bonds. The molecule has 7 heteroatoms. The van der Waals surface area contributed by atoms with Crippen molar-refractivity contribution in [3.63, 3.8) is 0 Å². The zero-order valence-electron chi connectivity index (χ0n) is 2.93. The molecule has 4 N–H and O–H groups in total.